The minimum Gasteiger partial charge on any atom is -0.314 e. The van der Waals surface area contributed by atoms with Gasteiger partial charge in [-0.25, -0.2) is 0 Å². The van der Waals surface area contributed by atoms with E-state index in [-0.39, 0.29) is 0 Å². The Balaban J connectivity index is 2.34. The summed E-state index contributed by atoms with van der Waals surface area (Å²) in [5.41, 5.74) is 0.326. The van der Waals surface area contributed by atoms with Crippen molar-refractivity contribution >= 4 is 0 Å². The standard InChI is InChI=1S/C15H33N3/c1-7-16-13(2)12-14(3)17-8-10-18(11-9-17)15(4,5)6/h13-14,16H,7-12H2,1-6H3. The lowest BCUT2D eigenvalue weighted by atomic mass is 10.0. The molecule has 0 bridgehead atoms. The van der Waals surface area contributed by atoms with Crippen LogP contribution in [0.1, 0.15) is 48.0 Å². The molecule has 3 nitrogen and oxygen atoms in total. The Morgan fingerprint density at radius 2 is 1.61 bits per heavy atom. The van der Waals surface area contributed by atoms with Gasteiger partial charge in [-0.05, 0) is 47.6 Å². The van der Waals surface area contributed by atoms with Gasteiger partial charge in [0.2, 0.25) is 0 Å². The molecule has 0 aromatic rings. The van der Waals surface area contributed by atoms with Gasteiger partial charge in [-0.1, -0.05) is 6.92 Å². The number of nitrogens with one attached hydrogen (secondary N) is 1. The van der Waals surface area contributed by atoms with Gasteiger partial charge in [0.05, 0.1) is 0 Å². The molecule has 108 valence electrons. The molecule has 1 aliphatic heterocycles. The molecule has 1 saturated heterocycles. The number of hydrogen-bond acceptors (Lipinski definition) is 3. The number of nitrogens with zero attached hydrogens (tertiary/aromatic N) is 2. The summed E-state index contributed by atoms with van der Waals surface area (Å²) in [6.07, 6.45) is 1.25. The van der Waals surface area contributed by atoms with E-state index in [1.807, 2.05) is 0 Å². The summed E-state index contributed by atoms with van der Waals surface area (Å²) < 4.78 is 0. The highest BCUT2D eigenvalue weighted by Crippen LogP contribution is 2.18. The van der Waals surface area contributed by atoms with Crippen LogP contribution in [0.4, 0.5) is 0 Å². The maximum absolute atomic E-state index is 3.51. The molecular formula is C15H33N3. The summed E-state index contributed by atoms with van der Waals surface area (Å²) in [6.45, 7) is 19.8. The Labute approximate surface area is 114 Å². The molecule has 0 saturated carbocycles. The molecule has 0 spiro atoms. The van der Waals surface area contributed by atoms with Crippen molar-refractivity contribution in [3.05, 3.63) is 0 Å². The fourth-order valence-electron chi connectivity index (χ4n) is 2.93. The predicted octanol–water partition coefficient (Wildman–Crippen LogP) is 2.18. The highest BCUT2D eigenvalue weighted by atomic mass is 15.3. The second-order valence-electron chi connectivity index (χ2n) is 6.74. The lowest BCUT2D eigenvalue weighted by Gasteiger charge is -2.44. The van der Waals surface area contributed by atoms with Crippen molar-refractivity contribution < 1.29 is 0 Å². The van der Waals surface area contributed by atoms with Gasteiger partial charge in [-0.3, -0.25) is 9.80 Å². The first-order valence-corrected chi connectivity index (χ1v) is 7.57. The van der Waals surface area contributed by atoms with E-state index >= 15 is 0 Å². The molecule has 2 atom stereocenters. The molecule has 3 heteroatoms. The van der Waals surface area contributed by atoms with Crippen LogP contribution in [-0.4, -0.2) is 60.1 Å². The maximum atomic E-state index is 3.51. The molecule has 1 heterocycles. The summed E-state index contributed by atoms with van der Waals surface area (Å²) in [7, 11) is 0. The van der Waals surface area contributed by atoms with Crippen molar-refractivity contribution in [2.24, 2.45) is 0 Å². The van der Waals surface area contributed by atoms with Gasteiger partial charge in [-0.15, -0.1) is 0 Å². The normalized spacial score (nSPS) is 23.0. The monoisotopic (exact) mass is 255 g/mol. The highest BCUT2D eigenvalue weighted by Gasteiger charge is 2.27. The van der Waals surface area contributed by atoms with Crippen molar-refractivity contribution in [2.75, 3.05) is 32.7 Å². The Hall–Kier alpha value is -0.120. The first-order valence-electron chi connectivity index (χ1n) is 7.57. The van der Waals surface area contributed by atoms with Crippen LogP contribution < -0.4 is 5.32 Å². The van der Waals surface area contributed by atoms with E-state index in [1.165, 1.54) is 32.6 Å². The van der Waals surface area contributed by atoms with Gasteiger partial charge in [0.25, 0.3) is 0 Å². The number of piperazine rings is 1. The Kier molecular flexibility index (Phi) is 6.09. The molecule has 1 N–H and O–H groups in total. The lowest BCUT2D eigenvalue weighted by Crippen LogP contribution is -2.55. The second-order valence-corrected chi connectivity index (χ2v) is 6.74. The Morgan fingerprint density at radius 1 is 1.06 bits per heavy atom. The summed E-state index contributed by atoms with van der Waals surface area (Å²) in [5.74, 6) is 0. The molecule has 1 rings (SSSR count). The zero-order valence-corrected chi connectivity index (χ0v) is 13.3. The Bertz CT molecular complexity index is 226. The highest BCUT2D eigenvalue weighted by molar-refractivity contribution is 4.84. The Morgan fingerprint density at radius 3 is 2.06 bits per heavy atom. The predicted molar refractivity (Wildman–Crippen MR) is 80.1 cm³/mol. The van der Waals surface area contributed by atoms with Gasteiger partial charge in [0.15, 0.2) is 0 Å². The van der Waals surface area contributed by atoms with Gasteiger partial charge in [0.1, 0.15) is 0 Å². The first kappa shape index (κ1) is 15.9. The third kappa shape index (κ3) is 4.87. The van der Waals surface area contributed by atoms with Crippen LogP contribution in [0.5, 0.6) is 0 Å². The molecule has 0 aromatic heterocycles. The van der Waals surface area contributed by atoms with Crippen LogP contribution >= 0.6 is 0 Å². The van der Waals surface area contributed by atoms with Gasteiger partial charge in [0, 0.05) is 43.8 Å². The van der Waals surface area contributed by atoms with Crippen molar-refractivity contribution in [2.45, 2.75) is 65.6 Å². The van der Waals surface area contributed by atoms with E-state index in [0.29, 0.717) is 17.6 Å². The minimum atomic E-state index is 0.326. The molecule has 2 unspecified atom stereocenters. The number of rotatable bonds is 5. The van der Waals surface area contributed by atoms with Crippen LogP contribution in [0, 0.1) is 0 Å². The fourth-order valence-corrected chi connectivity index (χ4v) is 2.93. The molecule has 18 heavy (non-hydrogen) atoms. The van der Waals surface area contributed by atoms with E-state index in [4.69, 9.17) is 0 Å². The average Bonchev–Trinajstić information content (AvgIpc) is 2.28. The van der Waals surface area contributed by atoms with Crippen molar-refractivity contribution in [1.82, 2.24) is 15.1 Å². The fraction of sp³-hybridized carbons (Fsp3) is 1.00. The SMILES string of the molecule is CCNC(C)CC(C)N1CCN(C(C)(C)C)CC1. The third-order valence-electron chi connectivity index (χ3n) is 4.13. The van der Waals surface area contributed by atoms with E-state index in [1.54, 1.807) is 0 Å². The summed E-state index contributed by atoms with van der Waals surface area (Å²) in [4.78, 5) is 5.25. The number of hydrogen-bond donors (Lipinski definition) is 1. The smallest absolute Gasteiger partial charge is 0.0126 e. The molecule has 0 amide bonds. The van der Waals surface area contributed by atoms with Gasteiger partial charge < -0.3 is 5.32 Å². The average molecular weight is 255 g/mol. The largest absolute Gasteiger partial charge is 0.314 e. The zero-order chi connectivity index (χ0) is 13.8. The van der Waals surface area contributed by atoms with E-state index in [2.05, 4.69) is 56.7 Å². The molecular weight excluding hydrogens is 222 g/mol. The van der Waals surface area contributed by atoms with Gasteiger partial charge >= 0.3 is 0 Å². The maximum Gasteiger partial charge on any atom is 0.0126 e. The minimum absolute atomic E-state index is 0.326. The quantitative estimate of drug-likeness (QED) is 0.812. The lowest BCUT2D eigenvalue weighted by molar-refractivity contribution is 0.0421. The van der Waals surface area contributed by atoms with Crippen molar-refractivity contribution in [1.29, 1.82) is 0 Å². The first-order chi connectivity index (χ1) is 8.34. The summed E-state index contributed by atoms with van der Waals surface area (Å²) in [5, 5.41) is 3.51. The van der Waals surface area contributed by atoms with Crippen molar-refractivity contribution in [3.63, 3.8) is 0 Å². The van der Waals surface area contributed by atoms with Crippen LogP contribution in [0.2, 0.25) is 0 Å². The summed E-state index contributed by atoms with van der Waals surface area (Å²) in [6, 6.07) is 1.33. The second kappa shape index (κ2) is 6.88. The van der Waals surface area contributed by atoms with E-state index in [9.17, 15) is 0 Å². The van der Waals surface area contributed by atoms with Crippen molar-refractivity contribution in [3.8, 4) is 0 Å². The molecule has 0 radical (unpaired) electrons. The molecule has 1 aliphatic rings. The van der Waals surface area contributed by atoms with Crippen LogP contribution in [0.25, 0.3) is 0 Å². The van der Waals surface area contributed by atoms with Crippen LogP contribution in [0.15, 0.2) is 0 Å². The summed E-state index contributed by atoms with van der Waals surface area (Å²) >= 11 is 0. The topological polar surface area (TPSA) is 18.5 Å². The van der Waals surface area contributed by atoms with Gasteiger partial charge in [-0.2, -0.15) is 0 Å². The zero-order valence-electron chi connectivity index (χ0n) is 13.3. The third-order valence-corrected chi connectivity index (χ3v) is 4.13. The molecule has 0 aromatic carbocycles. The molecule has 1 fully saturated rings. The van der Waals surface area contributed by atoms with Crippen LogP contribution in [-0.2, 0) is 0 Å². The van der Waals surface area contributed by atoms with E-state index < -0.39 is 0 Å². The van der Waals surface area contributed by atoms with Crippen LogP contribution in [0.3, 0.4) is 0 Å². The van der Waals surface area contributed by atoms with E-state index in [0.717, 1.165) is 6.54 Å². The molecule has 0 aliphatic carbocycles.